The van der Waals surface area contributed by atoms with Gasteiger partial charge >= 0.3 is 0 Å². The summed E-state index contributed by atoms with van der Waals surface area (Å²) in [5.74, 6) is 2.95. The first-order valence-corrected chi connectivity index (χ1v) is 10.8. The molecule has 7 nitrogen and oxygen atoms in total. The number of nitrogens with one attached hydrogen (secondary N) is 1. The summed E-state index contributed by atoms with van der Waals surface area (Å²) >= 11 is 0. The molecule has 1 aromatic heterocycles. The number of piperidine rings is 3. The van der Waals surface area contributed by atoms with Crippen LogP contribution in [0, 0.1) is 5.92 Å². The molecule has 1 N–H and O–H groups in total. The fourth-order valence-corrected chi connectivity index (χ4v) is 4.62. The Balaban J connectivity index is 1.20. The highest BCUT2D eigenvalue weighted by Gasteiger charge is 2.34. The number of morpholine rings is 1. The van der Waals surface area contributed by atoms with Gasteiger partial charge in [0.1, 0.15) is 17.3 Å². The molecule has 6 rings (SSSR count). The Morgan fingerprint density at radius 2 is 1.80 bits per heavy atom. The number of aromatic nitrogens is 1. The molecule has 2 bridgehead atoms. The molecule has 7 heteroatoms. The number of hydrogen-bond donors (Lipinski definition) is 1. The predicted octanol–water partition coefficient (Wildman–Crippen LogP) is 2.53. The van der Waals surface area contributed by atoms with E-state index in [4.69, 9.17) is 9.47 Å². The lowest BCUT2D eigenvalue weighted by atomic mass is 9.84. The lowest BCUT2D eigenvalue weighted by Gasteiger charge is -2.44. The summed E-state index contributed by atoms with van der Waals surface area (Å²) < 4.78 is 11.4. The number of pyridine rings is 1. The molecular weight excluding hydrogens is 380 g/mol. The van der Waals surface area contributed by atoms with E-state index in [9.17, 15) is 4.79 Å². The Bertz CT molecular complexity index is 874. The third kappa shape index (κ3) is 4.27. The number of hydrogen-bond acceptors (Lipinski definition) is 6. The van der Waals surface area contributed by atoms with E-state index >= 15 is 0 Å². The maximum absolute atomic E-state index is 12.7. The van der Waals surface area contributed by atoms with Crippen molar-refractivity contribution >= 4 is 11.7 Å². The van der Waals surface area contributed by atoms with Gasteiger partial charge in [0, 0.05) is 43.5 Å². The summed E-state index contributed by atoms with van der Waals surface area (Å²) in [6, 6.07) is 11.4. The third-order valence-corrected chi connectivity index (χ3v) is 6.38. The number of fused-ring (bicyclic) bond motifs is 3. The second-order valence-electron chi connectivity index (χ2n) is 8.29. The third-order valence-electron chi connectivity index (χ3n) is 6.38. The van der Waals surface area contributed by atoms with Crippen molar-refractivity contribution in [2.45, 2.75) is 18.9 Å². The molecule has 5 heterocycles. The molecule has 2 aromatic rings. The van der Waals surface area contributed by atoms with Crippen LogP contribution in [-0.2, 0) is 4.74 Å². The Kier molecular flexibility index (Phi) is 5.55. The quantitative estimate of drug-likeness (QED) is 0.820. The fourth-order valence-electron chi connectivity index (χ4n) is 4.62. The zero-order chi connectivity index (χ0) is 20.3. The molecule has 1 amide bonds. The van der Waals surface area contributed by atoms with Crippen molar-refractivity contribution < 1.29 is 14.3 Å². The maximum atomic E-state index is 12.7. The predicted molar refractivity (Wildman–Crippen MR) is 114 cm³/mol. The van der Waals surface area contributed by atoms with Crippen molar-refractivity contribution in [2.75, 3.05) is 50.8 Å². The Labute approximate surface area is 177 Å². The zero-order valence-corrected chi connectivity index (χ0v) is 17.1. The van der Waals surface area contributed by atoms with Crippen LogP contribution in [-0.4, -0.2) is 67.8 Å². The highest BCUT2D eigenvalue weighted by Crippen LogP contribution is 2.28. The molecule has 1 atom stereocenters. The molecule has 0 radical (unpaired) electrons. The molecule has 4 aliphatic rings. The monoisotopic (exact) mass is 408 g/mol. The van der Waals surface area contributed by atoms with Gasteiger partial charge in [-0.05, 0) is 62.2 Å². The van der Waals surface area contributed by atoms with Crippen molar-refractivity contribution in [3.63, 3.8) is 0 Å². The van der Waals surface area contributed by atoms with Crippen LogP contribution in [0.25, 0.3) is 0 Å². The van der Waals surface area contributed by atoms with Gasteiger partial charge in [0.25, 0.3) is 5.91 Å². The molecule has 1 aromatic carbocycles. The minimum atomic E-state index is -0.00110. The van der Waals surface area contributed by atoms with Gasteiger partial charge < -0.3 is 24.6 Å². The second-order valence-corrected chi connectivity index (χ2v) is 8.29. The lowest BCUT2D eigenvalue weighted by molar-refractivity contribution is 0.0620. The minimum Gasteiger partial charge on any atom is -0.457 e. The molecule has 4 aliphatic heterocycles. The van der Waals surface area contributed by atoms with E-state index in [2.05, 4.69) is 20.1 Å². The van der Waals surface area contributed by atoms with Crippen molar-refractivity contribution in [1.29, 1.82) is 0 Å². The second kappa shape index (κ2) is 8.62. The molecule has 1 unspecified atom stereocenters. The number of nitrogens with zero attached hydrogens (tertiary/aromatic N) is 3. The first-order chi connectivity index (χ1) is 14.7. The molecular formula is C23H28N4O3. The van der Waals surface area contributed by atoms with E-state index in [1.54, 1.807) is 6.20 Å². The Morgan fingerprint density at radius 3 is 2.50 bits per heavy atom. The largest absolute Gasteiger partial charge is 0.457 e. The Morgan fingerprint density at radius 1 is 1.03 bits per heavy atom. The highest BCUT2D eigenvalue weighted by atomic mass is 16.5. The first-order valence-electron chi connectivity index (χ1n) is 10.8. The van der Waals surface area contributed by atoms with Crippen LogP contribution in [0.1, 0.15) is 23.2 Å². The number of benzene rings is 1. The van der Waals surface area contributed by atoms with Gasteiger partial charge in [0.15, 0.2) is 0 Å². The standard InChI is InChI=1S/C23H28N4O3/c28-23(25-21-16-26-9-6-17(21)7-10-26)18-1-3-19(4-2-18)30-20-5-8-24-22(15-20)27-11-13-29-14-12-27/h1-5,8,15,17,21H,6-7,9-14,16H2,(H,25,28). The van der Waals surface area contributed by atoms with E-state index in [0.717, 1.165) is 44.4 Å². The van der Waals surface area contributed by atoms with Crippen LogP contribution in [0.2, 0.25) is 0 Å². The van der Waals surface area contributed by atoms with Crippen molar-refractivity contribution in [3.05, 3.63) is 48.2 Å². The van der Waals surface area contributed by atoms with Gasteiger partial charge in [0.05, 0.1) is 13.2 Å². The molecule has 0 spiro atoms. The first kappa shape index (κ1) is 19.3. The smallest absolute Gasteiger partial charge is 0.251 e. The van der Waals surface area contributed by atoms with E-state index in [1.807, 2.05) is 36.4 Å². The van der Waals surface area contributed by atoms with Gasteiger partial charge in [-0.1, -0.05) is 0 Å². The fraction of sp³-hybridized carbons (Fsp3) is 0.478. The number of amides is 1. The van der Waals surface area contributed by atoms with E-state index < -0.39 is 0 Å². The van der Waals surface area contributed by atoms with Crippen LogP contribution in [0.3, 0.4) is 0 Å². The summed E-state index contributed by atoms with van der Waals surface area (Å²) in [5, 5.41) is 3.23. The van der Waals surface area contributed by atoms with Crippen LogP contribution < -0.4 is 15.0 Å². The van der Waals surface area contributed by atoms with Gasteiger partial charge in [-0.3, -0.25) is 4.79 Å². The normalized spacial score (nSPS) is 25.7. The topological polar surface area (TPSA) is 66.9 Å². The molecule has 30 heavy (non-hydrogen) atoms. The summed E-state index contributed by atoms with van der Waals surface area (Å²) in [7, 11) is 0. The van der Waals surface area contributed by atoms with Crippen molar-refractivity contribution in [3.8, 4) is 11.5 Å². The van der Waals surface area contributed by atoms with E-state index in [0.29, 0.717) is 17.2 Å². The number of ether oxygens (including phenoxy) is 2. The summed E-state index contributed by atoms with van der Waals surface area (Å²) in [4.78, 5) is 21.8. The molecule has 158 valence electrons. The zero-order valence-electron chi connectivity index (χ0n) is 17.1. The van der Waals surface area contributed by atoms with Crippen molar-refractivity contribution in [1.82, 2.24) is 15.2 Å². The lowest BCUT2D eigenvalue weighted by Crippen LogP contribution is -2.57. The van der Waals surface area contributed by atoms with Crippen LogP contribution in [0.4, 0.5) is 5.82 Å². The van der Waals surface area contributed by atoms with Gasteiger partial charge in [-0.15, -0.1) is 0 Å². The van der Waals surface area contributed by atoms with Crippen LogP contribution in [0.15, 0.2) is 42.6 Å². The molecule has 0 aliphatic carbocycles. The average Bonchev–Trinajstić information content (AvgIpc) is 2.81. The molecule has 4 fully saturated rings. The average molecular weight is 409 g/mol. The molecule has 4 saturated heterocycles. The summed E-state index contributed by atoms with van der Waals surface area (Å²) in [6.07, 6.45) is 4.14. The van der Waals surface area contributed by atoms with E-state index in [-0.39, 0.29) is 11.9 Å². The van der Waals surface area contributed by atoms with Crippen LogP contribution in [0.5, 0.6) is 11.5 Å². The highest BCUT2D eigenvalue weighted by molar-refractivity contribution is 5.94. The van der Waals surface area contributed by atoms with Gasteiger partial charge in [-0.25, -0.2) is 4.98 Å². The number of rotatable bonds is 5. The Hall–Kier alpha value is -2.64. The van der Waals surface area contributed by atoms with Crippen molar-refractivity contribution in [2.24, 2.45) is 5.92 Å². The number of carbonyl (C=O) groups excluding carboxylic acids is 1. The summed E-state index contributed by atoms with van der Waals surface area (Å²) in [6.45, 7) is 6.42. The summed E-state index contributed by atoms with van der Waals surface area (Å²) in [5.41, 5.74) is 0.669. The molecule has 0 saturated carbocycles. The minimum absolute atomic E-state index is 0.00110. The SMILES string of the molecule is O=C(NC1CN2CCC1CC2)c1ccc(Oc2ccnc(N3CCOCC3)c2)cc1. The number of carbonyl (C=O) groups is 1. The maximum Gasteiger partial charge on any atom is 0.251 e. The van der Waals surface area contributed by atoms with Gasteiger partial charge in [-0.2, -0.15) is 0 Å². The van der Waals surface area contributed by atoms with Crippen LogP contribution >= 0.6 is 0 Å². The van der Waals surface area contributed by atoms with Gasteiger partial charge in [0.2, 0.25) is 0 Å². The number of anilines is 1. The van der Waals surface area contributed by atoms with E-state index in [1.165, 1.54) is 25.9 Å².